The number of ether oxygens (including phenoxy) is 1. The van der Waals surface area contributed by atoms with Crippen molar-refractivity contribution >= 4 is 22.5 Å². The molecule has 0 spiro atoms. The van der Waals surface area contributed by atoms with Crippen molar-refractivity contribution in [2.45, 2.75) is 68.5 Å². The molecule has 0 amide bonds. The Labute approximate surface area is 259 Å². The molecule has 15 heteroatoms. The second kappa shape index (κ2) is 10.9. The van der Waals surface area contributed by atoms with E-state index >= 15 is 4.39 Å². The van der Waals surface area contributed by atoms with Crippen molar-refractivity contribution in [2.24, 2.45) is 0 Å². The van der Waals surface area contributed by atoms with Gasteiger partial charge in [0.15, 0.2) is 5.82 Å². The van der Waals surface area contributed by atoms with Gasteiger partial charge in [-0.1, -0.05) is 0 Å². The Balaban J connectivity index is 1.36. The van der Waals surface area contributed by atoms with Crippen molar-refractivity contribution < 1.29 is 35.5 Å². The Bertz CT molecular complexity index is 1730. The van der Waals surface area contributed by atoms with E-state index in [1.165, 1.54) is 19.1 Å². The fourth-order valence-corrected chi connectivity index (χ4v) is 7.96. The zero-order valence-corrected chi connectivity index (χ0v) is 24.9. The molecule has 4 aliphatic rings. The molecule has 2 bridgehead atoms. The third-order valence-corrected chi connectivity index (χ3v) is 9.80. The molecule has 0 saturated carbocycles. The molecule has 3 N–H and O–H groups in total. The van der Waals surface area contributed by atoms with Crippen LogP contribution in [0, 0.1) is 12.7 Å². The summed E-state index contributed by atoms with van der Waals surface area (Å²) in [6, 6.07) is 3.23. The number of halogens is 7. The van der Waals surface area contributed by atoms with E-state index in [4.69, 9.17) is 10.5 Å². The Morgan fingerprint density at radius 3 is 2.74 bits per heavy atom. The van der Waals surface area contributed by atoms with Gasteiger partial charge in [-0.3, -0.25) is 4.90 Å². The van der Waals surface area contributed by atoms with Gasteiger partial charge in [0.05, 0.1) is 22.3 Å². The molecule has 1 unspecified atom stereocenters. The average Bonchev–Trinajstić information content (AvgIpc) is 3.58. The van der Waals surface area contributed by atoms with Gasteiger partial charge in [0.2, 0.25) is 0 Å². The number of nitrogen functional groups attached to an aromatic ring is 1. The van der Waals surface area contributed by atoms with E-state index in [9.17, 15) is 26.3 Å². The number of aromatic nitrogens is 3. The number of alkyl halides is 4. The maximum Gasteiger partial charge on any atom is 0.418 e. The van der Waals surface area contributed by atoms with Gasteiger partial charge in [-0.2, -0.15) is 31.9 Å². The summed E-state index contributed by atoms with van der Waals surface area (Å²) in [5, 5.41) is 3.41. The summed E-state index contributed by atoms with van der Waals surface area (Å²) in [5.41, 5.74) is 1.34. The lowest BCUT2D eigenvalue weighted by molar-refractivity contribution is -0.137. The van der Waals surface area contributed by atoms with Crippen LogP contribution >= 0.6 is 0 Å². The Kier molecular flexibility index (Phi) is 7.34. The number of nitrogens with one attached hydrogen (secondary N) is 1. The van der Waals surface area contributed by atoms with Crippen LogP contribution < -0.4 is 20.7 Å². The molecular weight excluding hydrogens is 619 g/mol. The van der Waals surface area contributed by atoms with Gasteiger partial charge in [-0.05, 0) is 62.9 Å². The number of nitrogens with two attached hydrogens (primary N) is 1. The first-order valence-corrected chi connectivity index (χ1v) is 15.2. The molecule has 0 radical (unpaired) electrons. The number of hydrogen-bond acceptors (Lipinski definition) is 8. The van der Waals surface area contributed by atoms with Crippen LogP contribution in [0.4, 0.5) is 42.4 Å². The number of anilines is 2. The number of aryl methyl sites for hydroxylation is 1. The quantitative estimate of drug-likeness (QED) is 0.324. The zero-order valence-electron chi connectivity index (χ0n) is 24.9. The molecule has 4 atom stereocenters. The fraction of sp³-hybridized carbons (Fsp3) is 0.516. The Morgan fingerprint density at radius 2 is 1.98 bits per heavy atom. The summed E-state index contributed by atoms with van der Waals surface area (Å²) >= 11 is 0. The number of nitrogens with zero attached hydrogens (tertiary/aromatic N) is 5. The average molecular weight is 652 g/mol. The number of piperazine rings is 1. The maximum atomic E-state index is 16.5. The Hall–Kier alpha value is -3.72. The molecule has 4 fully saturated rings. The van der Waals surface area contributed by atoms with Crippen LogP contribution in [0.3, 0.4) is 0 Å². The van der Waals surface area contributed by atoms with Gasteiger partial charge in [0.1, 0.15) is 29.9 Å². The minimum absolute atomic E-state index is 0.0256. The molecule has 4 saturated heterocycles. The summed E-state index contributed by atoms with van der Waals surface area (Å²) in [7, 11) is 0. The SMILES string of the molecule is Cc1cc(N)nc(-c2ccc3c(N4C[C@@H]5CC[C@](C=C(F)F)(C4)N5)nc(OCC45CCCN4C[C@H](F)C5)nc3c2F)c1C(F)(F)F. The number of hydrogen-bond donors (Lipinski definition) is 2. The van der Waals surface area contributed by atoms with Crippen LogP contribution in [0.2, 0.25) is 0 Å². The molecule has 6 heterocycles. The van der Waals surface area contributed by atoms with Crippen molar-refractivity contribution in [3.05, 3.63) is 47.3 Å². The molecule has 8 nitrogen and oxygen atoms in total. The second-order valence-electron chi connectivity index (χ2n) is 13.0. The molecule has 1 aromatic carbocycles. The number of benzene rings is 1. The lowest BCUT2D eigenvalue weighted by Gasteiger charge is -2.40. The van der Waals surface area contributed by atoms with E-state index in [1.807, 2.05) is 4.90 Å². The van der Waals surface area contributed by atoms with Gasteiger partial charge in [-0.25, -0.2) is 13.8 Å². The second-order valence-corrected chi connectivity index (χ2v) is 13.0. The first-order chi connectivity index (χ1) is 21.8. The molecule has 7 rings (SSSR count). The lowest BCUT2D eigenvalue weighted by atomic mass is 9.95. The molecule has 2 aromatic heterocycles. The van der Waals surface area contributed by atoms with Crippen LogP contribution in [0.5, 0.6) is 6.01 Å². The van der Waals surface area contributed by atoms with Crippen molar-refractivity contribution in [1.29, 1.82) is 0 Å². The maximum absolute atomic E-state index is 16.5. The normalized spacial score (nSPS) is 27.8. The minimum atomic E-state index is -4.86. The standard InChI is InChI=1S/C31H32F7N7O/c1-16-9-22(39)40-25(23(16)31(36,37)38)19-3-4-20-26(24(19)35)41-28(46-15-30-6-2-8-45(30)12-17(32)10-30)42-27(20)44-13-18-5-7-29(14-44,43-18)11-21(33)34/h3-4,9,11,17-18,43H,2,5-8,10,12-15H2,1H3,(H2,39,40)/t17-,18+,29+,30?/m1/s1. The van der Waals surface area contributed by atoms with Gasteiger partial charge in [0.25, 0.3) is 6.08 Å². The number of rotatable bonds is 6. The molecule has 246 valence electrons. The van der Waals surface area contributed by atoms with E-state index in [1.54, 1.807) is 4.90 Å². The van der Waals surface area contributed by atoms with E-state index in [2.05, 4.69) is 20.3 Å². The first-order valence-electron chi connectivity index (χ1n) is 15.2. The summed E-state index contributed by atoms with van der Waals surface area (Å²) < 4.78 is 107. The fourth-order valence-electron chi connectivity index (χ4n) is 7.96. The van der Waals surface area contributed by atoms with E-state index in [-0.39, 0.29) is 66.3 Å². The largest absolute Gasteiger partial charge is 0.461 e. The smallest absolute Gasteiger partial charge is 0.418 e. The van der Waals surface area contributed by atoms with Crippen molar-refractivity contribution in [3.8, 4) is 17.3 Å². The predicted octanol–water partition coefficient (Wildman–Crippen LogP) is 5.79. The highest BCUT2D eigenvalue weighted by Gasteiger charge is 2.50. The lowest BCUT2D eigenvalue weighted by Crippen LogP contribution is -2.59. The van der Waals surface area contributed by atoms with Crippen LogP contribution in [0.1, 0.15) is 43.2 Å². The van der Waals surface area contributed by atoms with Crippen LogP contribution in [0.15, 0.2) is 30.4 Å². The van der Waals surface area contributed by atoms with Crippen LogP contribution in [-0.4, -0.2) is 75.9 Å². The topological polar surface area (TPSA) is 92.4 Å². The highest BCUT2D eigenvalue weighted by atomic mass is 19.4. The van der Waals surface area contributed by atoms with E-state index in [0.29, 0.717) is 32.4 Å². The number of pyridine rings is 1. The zero-order chi connectivity index (χ0) is 32.6. The summed E-state index contributed by atoms with van der Waals surface area (Å²) in [6.07, 6.45) is -3.97. The summed E-state index contributed by atoms with van der Waals surface area (Å²) in [6.45, 7) is 2.66. The van der Waals surface area contributed by atoms with Crippen molar-refractivity contribution in [1.82, 2.24) is 25.2 Å². The van der Waals surface area contributed by atoms with E-state index < -0.39 is 52.1 Å². The monoisotopic (exact) mass is 651 g/mol. The third kappa shape index (κ3) is 5.30. The number of fused-ring (bicyclic) bond motifs is 4. The molecule has 0 aliphatic carbocycles. The highest BCUT2D eigenvalue weighted by Crippen LogP contribution is 2.44. The molecule has 4 aliphatic heterocycles. The van der Waals surface area contributed by atoms with Gasteiger partial charge in [0, 0.05) is 49.1 Å². The highest BCUT2D eigenvalue weighted by molar-refractivity contribution is 5.94. The minimum Gasteiger partial charge on any atom is -0.461 e. The molecule has 46 heavy (non-hydrogen) atoms. The molecule has 3 aromatic rings. The van der Waals surface area contributed by atoms with Crippen LogP contribution in [-0.2, 0) is 6.18 Å². The van der Waals surface area contributed by atoms with Gasteiger partial charge < -0.3 is 20.7 Å². The molecular formula is C31H32F7N7O. The summed E-state index contributed by atoms with van der Waals surface area (Å²) in [4.78, 5) is 16.6. The van der Waals surface area contributed by atoms with Crippen molar-refractivity contribution in [3.63, 3.8) is 0 Å². The first kappa shape index (κ1) is 30.9. The van der Waals surface area contributed by atoms with Crippen LogP contribution in [0.25, 0.3) is 22.2 Å². The van der Waals surface area contributed by atoms with Gasteiger partial charge in [-0.15, -0.1) is 0 Å². The third-order valence-electron chi connectivity index (χ3n) is 9.80. The van der Waals surface area contributed by atoms with E-state index in [0.717, 1.165) is 18.6 Å². The predicted molar refractivity (Wildman–Crippen MR) is 157 cm³/mol. The van der Waals surface area contributed by atoms with Gasteiger partial charge >= 0.3 is 12.2 Å². The summed E-state index contributed by atoms with van der Waals surface area (Å²) in [5.74, 6) is -1.12. The van der Waals surface area contributed by atoms with Crippen molar-refractivity contribution in [2.75, 3.05) is 43.4 Å². The Morgan fingerprint density at radius 1 is 1.17 bits per heavy atom.